The van der Waals surface area contributed by atoms with Crippen LogP contribution in [-0.2, 0) is 23.9 Å². The van der Waals surface area contributed by atoms with Gasteiger partial charge in [0.15, 0.2) is 5.78 Å². The summed E-state index contributed by atoms with van der Waals surface area (Å²) in [5, 5.41) is 25.1. The summed E-state index contributed by atoms with van der Waals surface area (Å²) >= 11 is 0. The Hall–Kier alpha value is -2.26. The molecule has 0 radical (unpaired) electrons. The Balaban J connectivity index is 1.27. The molecule has 0 saturated heterocycles. The highest BCUT2D eigenvalue weighted by Crippen LogP contribution is 2.77. The number of ether oxygens (including phenoxy) is 1. The number of fused-ring (bicyclic) bond motifs is 7. The molecule has 5 saturated carbocycles. The number of carbonyl (C=O) groups is 4. The summed E-state index contributed by atoms with van der Waals surface area (Å²) in [6.45, 7) is 23.9. The minimum absolute atomic E-state index is 0.0256. The minimum Gasteiger partial charge on any atom is -0.481 e. The second kappa shape index (κ2) is 14.3. The molecule has 0 spiro atoms. The normalized spacial score (nSPS) is 38.0. The first-order valence-corrected chi connectivity index (χ1v) is 21.4. The van der Waals surface area contributed by atoms with Gasteiger partial charge in [-0.15, -0.1) is 0 Å². The van der Waals surface area contributed by atoms with Crippen LogP contribution in [0.5, 0.6) is 0 Å². The summed E-state index contributed by atoms with van der Waals surface area (Å²) in [7, 11) is 0. The van der Waals surface area contributed by atoms with E-state index >= 15 is 0 Å². The fourth-order valence-corrected chi connectivity index (χ4v) is 13.6. The van der Waals surface area contributed by atoms with Gasteiger partial charge >= 0.3 is 11.9 Å². The van der Waals surface area contributed by atoms with Crippen molar-refractivity contribution in [1.82, 2.24) is 10.2 Å². The standard InChI is InChI=1S/C45H72N2O7/c1-27(2)37-31(49)23-45(34(50)26-47(25-29-11-12-29)22-21-46-28(3)48)20-19-43(9)30(38(37)45)13-14-33-42(8)17-16-35(54-36(51)24-40(4,5)39(52)53)41(6,7)32(42)15-18-44(33,43)10/h27,29-30,32-35,50H,11-26H2,1-10H3,(H,46,48)(H,52,53)/t30-,32+,33-,34+,35+,42+,43-,44-,45+/m1/s1. The second-order valence-corrected chi connectivity index (χ2v) is 21.3. The number of nitrogens with one attached hydrogen (secondary N) is 1. The van der Waals surface area contributed by atoms with Gasteiger partial charge in [0.25, 0.3) is 0 Å². The molecule has 0 bridgehead atoms. The molecule has 6 aliphatic carbocycles. The Morgan fingerprint density at radius 3 is 2.22 bits per heavy atom. The fourth-order valence-electron chi connectivity index (χ4n) is 13.6. The van der Waals surface area contributed by atoms with E-state index in [1.807, 2.05) is 0 Å². The van der Waals surface area contributed by atoms with Crippen LogP contribution in [0.15, 0.2) is 11.1 Å². The number of Topliss-reactive ketones (excluding diaryl/α,β-unsaturated/α-hetero) is 1. The molecule has 9 nitrogen and oxygen atoms in total. The smallest absolute Gasteiger partial charge is 0.309 e. The summed E-state index contributed by atoms with van der Waals surface area (Å²) < 4.78 is 6.18. The van der Waals surface area contributed by atoms with Gasteiger partial charge in [-0.2, -0.15) is 0 Å². The van der Waals surface area contributed by atoms with Gasteiger partial charge in [0.05, 0.1) is 17.9 Å². The largest absolute Gasteiger partial charge is 0.481 e. The zero-order valence-electron chi connectivity index (χ0n) is 35.2. The third-order valence-corrected chi connectivity index (χ3v) is 16.9. The van der Waals surface area contributed by atoms with Crippen LogP contribution in [0.2, 0.25) is 0 Å². The van der Waals surface area contributed by atoms with Gasteiger partial charge < -0.3 is 20.3 Å². The summed E-state index contributed by atoms with van der Waals surface area (Å²) in [6.07, 6.45) is 9.58. The topological polar surface area (TPSA) is 133 Å². The van der Waals surface area contributed by atoms with Crippen molar-refractivity contribution >= 4 is 23.6 Å². The summed E-state index contributed by atoms with van der Waals surface area (Å²) in [4.78, 5) is 53.1. The molecule has 54 heavy (non-hydrogen) atoms. The van der Waals surface area contributed by atoms with Crippen molar-refractivity contribution in [3.05, 3.63) is 11.1 Å². The van der Waals surface area contributed by atoms with Gasteiger partial charge in [0, 0.05) is 50.4 Å². The van der Waals surface area contributed by atoms with Gasteiger partial charge in [-0.1, -0.05) is 54.0 Å². The maximum absolute atomic E-state index is 14.2. The molecule has 0 aromatic heterocycles. The van der Waals surface area contributed by atoms with Crippen molar-refractivity contribution < 1.29 is 34.1 Å². The van der Waals surface area contributed by atoms with Crippen LogP contribution in [-0.4, -0.2) is 77.1 Å². The van der Waals surface area contributed by atoms with E-state index in [1.165, 1.54) is 18.4 Å². The monoisotopic (exact) mass is 753 g/mol. The Morgan fingerprint density at radius 1 is 0.926 bits per heavy atom. The molecule has 3 N–H and O–H groups in total. The van der Waals surface area contributed by atoms with Crippen molar-refractivity contribution in [3.8, 4) is 0 Å². The maximum atomic E-state index is 14.2. The molecule has 1 amide bonds. The van der Waals surface area contributed by atoms with Crippen molar-refractivity contribution in [1.29, 1.82) is 0 Å². The summed E-state index contributed by atoms with van der Waals surface area (Å²) in [5.41, 5.74) is 0.399. The number of hydrogen-bond acceptors (Lipinski definition) is 7. The molecule has 6 rings (SSSR count). The van der Waals surface area contributed by atoms with Crippen molar-refractivity contribution in [2.24, 2.45) is 62.1 Å². The number of carboxylic acids is 1. The van der Waals surface area contributed by atoms with Crippen molar-refractivity contribution in [2.75, 3.05) is 26.2 Å². The van der Waals surface area contributed by atoms with Gasteiger partial charge in [-0.3, -0.25) is 24.1 Å². The number of aliphatic hydroxyl groups excluding tert-OH is 1. The van der Waals surface area contributed by atoms with Gasteiger partial charge in [0.2, 0.25) is 5.91 Å². The fraction of sp³-hybridized carbons (Fsp3) is 0.867. The van der Waals surface area contributed by atoms with Gasteiger partial charge in [0.1, 0.15) is 6.10 Å². The Bertz CT molecular complexity index is 1550. The predicted octanol–water partition coefficient (Wildman–Crippen LogP) is 7.59. The SMILES string of the molecule is CC(=O)NCCN(CC1CC1)C[C@H](O)[C@@]12CC[C@]3(C)[C@H](CC[C@@H]4[C@@]5(C)CC[C@H](OC(=O)CC(C)(C)C(=O)O)C(C)(C)[C@@H]5CC[C@]43C)C1=C(C(C)C)C(=O)C2. The second-order valence-electron chi connectivity index (χ2n) is 21.3. The van der Waals surface area contributed by atoms with E-state index in [0.717, 1.165) is 63.5 Å². The highest BCUT2D eigenvalue weighted by atomic mass is 16.5. The van der Waals surface area contributed by atoms with Crippen LogP contribution in [0.3, 0.4) is 0 Å². The van der Waals surface area contributed by atoms with Crippen LogP contribution in [0.4, 0.5) is 0 Å². The lowest BCUT2D eigenvalue weighted by molar-refractivity contribution is -0.235. The first-order chi connectivity index (χ1) is 25.0. The highest BCUT2D eigenvalue weighted by Gasteiger charge is 2.71. The number of nitrogens with zero attached hydrogens (tertiary/aromatic N) is 1. The van der Waals surface area contributed by atoms with E-state index < -0.39 is 28.9 Å². The highest BCUT2D eigenvalue weighted by molar-refractivity contribution is 6.00. The summed E-state index contributed by atoms with van der Waals surface area (Å²) in [5.74, 6) is 0.615. The van der Waals surface area contributed by atoms with Crippen LogP contribution in [0.1, 0.15) is 146 Å². The lowest BCUT2D eigenvalue weighted by atomic mass is 9.33. The number of allylic oxidation sites excluding steroid dienone is 1. The van der Waals surface area contributed by atoms with Crippen molar-refractivity contribution in [2.45, 2.75) is 158 Å². The molecule has 0 aliphatic heterocycles. The predicted molar refractivity (Wildman–Crippen MR) is 209 cm³/mol. The third kappa shape index (κ3) is 6.81. The minimum atomic E-state index is -1.17. The number of rotatable bonds is 13. The van der Waals surface area contributed by atoms with Crippen LogP contribution in [0.25, 0.3) is 0 Å². The first kappa shape index (κ1) is 41.4. The van der Waals surface area contributed by atoms with E-state index in [1.54, 1.807) is 20.8 Å². The van der Waals surface area contributed by atoms with E-state index in [9.17, 15) is 29.4 Å². The quantitative estimate of drug-likeness (QED) is 0.164. The number of aliphatic carboxylic acids is 1. The molecule has 304 valence electrons. The lowest BCUT2D eigenvalue weighted by Gasteiger charge is -2.72. The molecule has 9 atom stereocenters. The average molecular weight is 753 g/mol. The molecule has 0 aromatic carbocycles. The van der Waals surface area contributed by atoms with E-state index in [0.29, 0.717) is 43.8 Å². The third-order valence-electron chi connectivity index (χ3n) is 16.9. The van der Waals surface area contributed by atoms with Crippen LogP contribution < -0.4 is 5.32 Å². The van der Waals surface area contributed by atoms with Crippen LogP contribution >= 0.6 is 0 Å². The molecule has 0 heterocycles. The Labute approximate surface area is 325 Å². The van der Waals surface area contributed by atoms with Crippen molar-refractivity contribution in [3.63, 3.8) is 0 Å². The number of carboxylic acid groups (broad SMARTS) is 1. The van der Waals surface area contributed by atoms with Crippen LogP contribution in [0, 0.1) is 62.1 Å². The molecular formula is C45H72N2O7. The molecule has 9 heteroatoms. The zero-order chi connectivity index (χ0) is 39.8. The molecule has 6 aliphatic rings. The number of aliphatic hydroxyl groups is 1. The zero-order valence-corrected chi connectivity index (χ0v) is 35.2. The Morgan fingerprint density at radius 2 is 1.61 bits per heavy atom. The number of esters is 1. The maximum Gasteiger partial charge on any atom is 0.309 e. The molecule has 0 aromatic rings. The molecule has 0 unspecified atom stereocenters. The summed E-state index contributed by atoms with van der Waals surface area (Å²) in [6, 6.07) is 0. The average Bonchev–Trinajstić information content (AvgIpc) is 3.81. The molecule has 5 fully saturated rings. The van der Waals surface area contributed by atoms with Gasteiger partial charge in [-0.05, 0) is 129 Å². The van der Waals surface area contributed by atoms with E-state index in [-0.39, 0.29) is 57.7 Å². The number of carbonyl (C=O) groups excluding carboxylic acids is 3. The Kier molecular flexibility index (Phi) is 10.9. The number of amides is 1. The van der Waals surface area contributed by atoms with E-state index in [2.05, 4.69) is 58.7 Å². The first-order valence-electron chi connectivity index (χ1n) is 21.4. The number of ketones is 1. The number of hydrogen-bond donors (Lipinski definition) is 3. The van der Waals surface area contributed by atoms with E-state index in [4.69, 9.17) is 4.74 Å². The molecular weight excluding hydrogens is 681 g/mol. The van der Waals surface area contributed by atoms with Gasteiger partial charge in [-0.25, -0.2) is 0 Å². The lowest BCUT2D eigenvalue weighted by Crippen LogP contribution is -2.66.